The topological polar surface area (TPSA) is 70.2 Å². The molecule has 1 aliphatic rings. The Morgan fingerprint density at radius 3 is 2.54 bits per heavy atom. The Labute approximate surface area is 154 Å². The fourth-order valence-electron chi connectivity index (χ4n) is 3.09. The standard InChI is InChI=1S/C21H25N3O2/c1-13-8-9-18(10-14(13)2)24-20(25)15(3)23-21(26)19-11-16-6-4-5-7-17(16)12-22-19/h4-10,15,19,22H,11-12H2,1-3H3,(H,23,26)(H,24,25)/t15-,19-/m0/s1. The predicted molar refractivity (Wildman–Crippen MR) is 103 cm³/mol. The zero-order valence-electron chi connectivity index (χ0n) is 15.4. The molecule has 3 rings (SSSR count). The third kappa shape index (κ3) is 4.11. The highest BCUT2D eigenvalue weighted by Gasteiger charge is 2.26. The van der Waals surface area contributed by atoms with E-state index < -0.39 is 6.04 Å². The van der Waals surface area contributed by atoms with Crippen LogP contribution in [0.15, 0.2) is 42.5 Å². The first kappa shape index (κ1) is 18.1. The van der Waals surface area contributed by atoms with Gasteiger partial charge in [0.1, 0.15) is 6.04 Å². The smallest absolute Gasteiger partial charge is 0.246 e. The lowest BCUT2D eigenvalue weighted by atomic mass is 9.95. The van der Waals surface area contributed by atoms with E-state index in [1.54, 1.807) is 6.92 Å². The van der Waals surface area contributed by atoms with Gasteiger partial charge in [0.2, 0.25) is 11.8 Å². The van der Waals surface area contributed by atoms with Gasteiger partial charge in [-0.3, -0.25) is 9.59 Å². The van der Waals surface area contributed by atoms with Crippen LogP contribution in [0.5, 0.6) is 0 Å². The number of carbonyl (C=O) groups is 2. The van der Waals surface area contributed by atoms with Crippen LogP contribution in [-0.2, 0) is 22.6 Å². The largest absolute Gasteiger partial charge is 0.343 e. The molecule has 2 aromatic rings. The molecule has 136 valence electrons. The van der Waals surface area contributed by atoms with Crippen molar-refractivity contribution in [3.8, 4) is 0 Å². The third-order valence-electron chi connectivity index (χ3n) is 4.92. The molecular formula is C21H25N3O2. The number of nitrogens with one attached hydrogen (secondary N) is 3. The quantitative estimate of drug-likeness (QED) is 0.792. The Bertz CT molecular complexity index is 832. The molecule has 5 heteroatoms. The molecule has 2 amide bonds. The number of benzene rings is 2. The van der Waals surface area contributed by atoms with Gasteiger partial charge >= 0.3 is 0 Å². The van der Waals surface area contributed by atoms with E-state index in [4.69, 9.17) is 0 Å². The van der Waals surface area contributed by atoms with Crippen LogP contribution in [-0.4, -0.2) is 23.9 Å². The van der Waals surface area contributed by atoms with Crippen LogP contribution in [0.2, 0.25) is 0 Å². The van der Waals surface area contributed by atoms with Gasteiger partial charge in [-0.15, -0.1) is 0 Å². The number of hydrogen-bond acceptors (Lipinski definition) is 3. The molecule has 26 heavy (non-hydrogen) atoms. The van der Waals surface area contributed by atoms with Crippen LogP contribution in [0.4, 0.5) is 5.69 Å². The van der Waals surface area contributed by atoms with Crippen molar-refractivity contribution < 1.29 is 9.59 Å². The lowest BCUT2D eigenvalue weighted by molar-refractivity contribution is -0.127. The highest BCUT2D eigenvalue weighted by Crippen LogP contribution is 2.17. The molecule has 5 nitrogen and oxygen atoms in total. The van der Waals surface area contributed by atoms with Crippen molar-refractivity contribution in [1.29, 1.82) is 0 Å². The van der Waals surface area contributed by atoms with Crippen LogP contribution >= 0.6 is 0 Å². The minimum absolute atomic E-state index is 0.151. The van der Waals surface area contributed by atoms with Crippen molar-refractivity contribution in [2.75, 3.05) is 5.32 Å². The van der Waals surface area contributed by atoms with Crippen LogP contribution in [0.25, 0.3) is 0 Å². The second-order valence-electron chi connectivity index (χ2n) is 6.92. The SMILES string of the molecule is Cc1ccc(NC(=O)[C@H](C)NC(=O)[C@@H]2Cc3ccccc3CN2)cc1C. The van der Waals surface area contributed by atoms with Crippen LogP contribution in [0, 0.1) is 13.8 Å². The Kier molecular flexibility index (Phi) is 5.38. The second kappa shape index (κ2) is 7.70. The number of fused-ring (bicyclic) bond motifs is 1. The molecule has 0 saturated carbocycles. The molecule has 2 aromatic carbocycles. The Hall–Kier alpha value is -2.66. The summed E-state index contributed by atoms with van der Waals surface area (Å²) in [5.41, 5.74) is 5.43. The number of anilines is 1. The Morgan fingerprint density at radius 2 is 1.81 bits per heavy atom. The minimum atomic E-state index is -0.608. The van der Waals surface area contributed by atoms with E-state index in [0.717, 1.165) is 11.3 Å². The first-order valence-electron chi connectivity index (χ1n) is 8.92. The number of amides is 2. The maximum atomic E-state index is 12.5. The lowest BCUT2D eigenvalue weighted by Crippen LogP contribution is -2.52. The highest BCUT2D eigenvalue weighted by molar-refractivity contribution is 5.97. The number of aryl methyl sites for hydroxylation is 2. The van der Waals surface area contributed by atoms with E-state index in [1.165, 1.54) is 16.7 Å². The fraction of sp³-hybridized carbons (Fsp3) is 0.333. The third-order valence-corrected chi connectivity index (χ3v) is 4.92. The summed E-state index contributed by atoms with van der Waals surface area (Å²) >= 11 is 0. The molecule has 0 radical (unpaired) electrons. The molecule has 0 saturated heterocycles. The van der Waals surface area contributed by atoms with Gasteiger partial charge in [-0.1, -0.05) is 30.3 Å². The summed E-state index contributed by atoms with van der Waals surface area (Å²) < 4.78 is 0. The Morgan fingerprint density at radius 1 is 1.08 bits per heavy atom. The van der Waals surface area contributed by atoms with Gasteiger partial charge in [0.25, 0.3) is 0 Å². The second-order valence-corrected chi connectivity index (χ2v) is 6.92. The molecule has 0 aromatic heterocycles. The molecule has 1 aliphatic heterocycles. The van der Waals surface area contributed by atoms with Gasteiger partial charge in [0.15, 0.2) is 0 Å². The van der Waals surface area contributed by atoms with Crippen LogP contribution in [0.1, 0.15) is 29.2 Å². The van der Waals surface area contributed by atoms with E-state index >= 15 is 0 Å². The van der Waals surface area contributed by atoms with E-state index in [2.05, 4.69) is 22.0 Å². The molecule has 0 aliphatic carbocycles. The summed E-state index contributed by atoms with van der Waals surface area (Å²) in [5, 5.41) is 8.91. The first-order valence-corrected chi connectivity index (χ1v) is 8.92. The summed E-state index contributed by atoms with van der Waals surface area (Å²) in [6.07, 6.45) is 0.632. The molecule has 0 fully saturated rings. The van der Waals surface area contributed by atoms with Gasteiger partial charge in [-0.05, 0) is 61.6 Å². The fourth-order valence-corrected chi connectivity index (χ4v) is 3.09. The monoisotopic (exact) mass is 351 g/mol. The van der Waals surface area contributed by atoms with Crippen molar-refractivity contribution in [3.05, 3.63) is 64.7 Å². The molecule has 2 atom stereocenters. The Balaban J connectivity index is 1.57. The summed E-state index contributed by atoms with van der Waals surface area (Å²) in [6, 6.07) is 12.9. The molecular weight excluding hydrogens is 326 g/mol. The van der Waals surface area contributed by atoms with Crippen molar-refractivity contribution >= 4 is 17.5 Å². The van der Waals surface area contributed by atoms with Crippen molar-refractivity contribution in [2.45, 2.75) is 45.8 Å². The lowest BCUT2D eigenvalue weighted by Gasteiger charge is -2.26. The number of carbonyl (C=O) groups excluding carboxylic acids is 2. The number of rotatable bonds is 4. The molecule has 3 N–H and O–H groups in total. The first-order chi connectivity index (χ1) is 12.4. The summed E-state index contributed by atoms with van der Waals surface area (Å²) in [5.74, 6) is -0.375. The average Bonchev–Trinajstić information content (AvgIpc) is 2.64. The summed E-state index contributed by atoms with van der Waals surface area (Å²) in [7, 11) is 0. The van der Waals surface area contributed by atoms with Gasteiger partial charge in [0, 0.05) is 12.2 Å². The van der Waals surface area contributed by atoms with E-state index in [-0.39, 0.29) is 17.9 Å². The molecule has 0 bridgehead atoms. The van der Waals surface area contributed by atoms with E-state index in [9.17, 15) is 9.59 Å². The normalized spacial score (nSPS) is 17.1. The predicted octanol–water partition coefficient (Wildman–Crippen LogP) is 2.46. The van der Waals surface area contributed by atoms with Crippen LogP contribution < -0.4 is 16.0 Å². The highest BCUT2D eigenvalue weighted by atomic mass is 16.2. The average molecular weight is 351 g/mol. The molecule has 0 spiro atoms. The van der Waals surface area contributed by atoms with Gasteiger partial charge < -0.3 is 16.0 Å². The zero-order valence-corrected chi connectivity index (χ0v) is 15.4. The van der Waals surface area contributed by atoms with Gasteiger partial charge in [-0.25, -0.2) is 0 Å². The van der Waals surface area contributed by atoms with Crippen molar-refractivity contribution in [3.63, 3.8) is 0 Å². The summed E-state index contributed by atoms with van der Waals surface area (Å²) in [6.45, 7) is 6.39. The van der Waals surface area contributed by atoms with E-state index in [1.807, 2.05) is 50.2 Å². The molecule has 1 heterocycles. The summed E-state index contributed by atoms with van der Waals surface area (Å²) in [4.78, 5) is 24.9. The van der Waals surface area contributed by atoms with Crippen molar-refractivity contribution in [2.24, 2.45) is 0 Å². The van der Waals surface area contributed by atoms with Gasteiger partial charge in [-0.2, -0.15) is 0 Å². The molecule has 0 unspecified atom stereocenters. The van der Waals surface area contributed by atoms with E-state index in [0.29, 0.717) is 13.0 Å². The zero-order chi connectivity index (χ0) is 18.7. The van der Waals surface area contributed by atoms with Gasteiger partial charge in [0.05, 0.1) is 6.04 Å². The van der Waals surface area contributed by atoms with Crippen LogP contribution in [0.3, 0.4) is 0 Å². The maximum absolute atomic E-state index is 12.5. The van der Waals surface area contributed by atoms with Crippen molar-refractivity contribution in [1.82, 2.24) is 10.6 Å². The number of hydrogen-bond donors (Lipinski definition) is 3. The maximum Gasteiger partial charge on any atom is 0.246 e. The minimum Gasteiger partial charge on any atom is -0.343 e.